The highest BCUT2D eigenvalue weighted by atomic mass is 16.5. The summed E-state index contributed by atoms with van der Waals surface area (Å²) >= 11 is 0. The summed E-state index contributed by atoms with van der Waals surface area (Å²) in [5.74, 6) is -0.730. The molecule has 0 aliphatic rings. The van der Waals surface area contributed by atoms with Gasteiger partial charge in [0.25, 0.3) is 5.91 Å². The summed E-state index contributed by atoms with van der Waals surface area (Å²) in [6, 6.07) is 14.5. The van der Waals surface area contributed by atoms with E-state index in [4.69, 9.17) is 10.5 Å². The maximum absolute atomic E-state index is 12.4. The first kappa shape index (κ1) is 18.5. The zero-order valence-corrected chi connectivity index (χ0v) is 14.7. The smallest absolute Gasteiger partial charge is 0.338 e. The van der Waals surface area contributed by atoms with E-state index in [2.05, 4.69) is 0 Å². The van der Waals surface area contributed by atoms with Crippen molar-refractivity contribution in [2.45, 2.75) is 26.8 Å². The third kappa shape index (κ3) is 5.64. The molecule has 0 saturated heterocycles. The Hall–Kier alpha value is -2.82. The van der Waals surface area contributed by atoms with E-state index in [1.807, 2.05) is 38.1 Å². The number of hydrogen-bond acceptors (Lipinski definition) is 4. The molecule has 0 spiro atoms. The van der Waals surface area contributed by atoms with Gasteiger partial charge in [-0.25, -0.2) is 4.79 Å². The number of nitrogens with two attached hydrogens (primary N) is 1. The molecule has 0 aromatic heterocycles. The highest BCUT2D eigenvalue weighted by Gasteiger charge is 2.16. The van der Waals surface area contributed by atoms with Crippen LogP contribution in [0.15, 0.2) is 48.5 Å². The average molecular weight is 340 g/mol. The van der Waals surface area contributed by atoms with Crippen molar-refractivity contribution in [3.8, 4) is 0 Å². The fourth-order valence-electron chi connectivity index (χ4n) is 2.40. The molecular formula is C20H24N2O3. The molecule has 0 aliphatic heterocycles. The molecule has 2 aromatic rings. The molecule has 0 bridgehead atoms. The van der Waals surface area contributed by atoms with Crippen LogP contribution >= 0.6 is 0 Å². The number of nitrogens with zero attached hydrogens (tertiary/aromatic N) is 1. The van der Waals surface area contributed by atoms with Gasteiger partial charge in [-0.15, -0.1) is 0 Å². The van der Waals surface area contributed by atoms with Crippen LogP contribution in [-0.2, 0) is 16.1 Å². The second kappa shape index (κ2) is 8.87. The molecule has 2 aromatic carbocycles. The first-order valence-corrected chi connectivity index (χ1v) is 8.35. The zero-order valence-electron chi connectivity index (χ0n) is 14.7. The molecule has 2 N–H and O–H groups in total. The highest BCUT2D eigenvalue weighted by molar-refractivity contribution is 5.91. The van der Waals surface area contributed by atoms with Crippen molar-refractivity contribution in [2.75, 3.05) is 18.9 Å². The third-order valence-electron chi connectivity index (χ3n) is 3.81. The Bertz CT molecular complexity index is 709. The van der Waals surface area contributed by atoms with Gasteiger partial charge >= 0.3 is 5.97 Å². The Morgan fingerprint density at radius 2 is 1.68 bits per heavy atom. The Balaban J connectivity index is 1.94. The van der Waals surface area contributed by atoms with E-state index in [1.165, 1.54) is 5.56 Å². The largest absolute Gasteiger partial charge is 0.452 e. The van der Waals surface area contributed by atoms with Crippen LogP contribution in [0.3, 0.4) is 0 Å². The lowest BCUT2D eigenvalue weighted by molar-refractivity contribution is -0.135. The van der Waals surface area contributed by atoms with Gasteiger partial charge in [-0.3, -0.25) is 4.79 Å². The quantitative estimate of drug-likeness (QED) is 0.621. The summed E-state index contributed by atoms with van der Waals surface area (Å²) in [6.07, 6.45) is 0.837. The lowest BCUT2D eigenvalue weighted by Crippen LogP contribution is -2.34. The van der Waals surface area contributed by atoms with Crippen LogP contribution in [0.2, 0.25) is 0 Å². The molecule has 25 heavy (non-hydrogen) atoms. The molecule has 0 atom stereocenters. The molecule has 5 nitrogen and oxygen atoms in total. The molecule has 2 rings (SSSR count). The van der Waals surface area contributed by atoms with E-state index in [0.717, 1.165) is 12.0 Å². The minimum atomic E-state index is -0.528. The fourth-order valence-corrected chi connectivity index (χ4v) is 2.40. The standard InChI is InChI=1S/C20H24N2O3/c1-3-12-22(13-16-6-4-15(2)5-7-16)19(23)14-25-20(24)17-8-10-18(21)11-9-17/h4-11H,3,12-14,21H2,1-2H3. The lowest BCUT2D eigenvalue weighted by Gasteiger charge is -2.22. The molecule has 132 valence electrons. The fraction of sp³-hybridized carbons (Fsp3) is 0.300. The van der Waals surface area contributed by atoms with Gasteiger partial charge in [0, 0.05) is 18.8 Å². The molecule has 0 unspecified atom stereocenters. The first-order chi connectivity index (χ1) is 12.0. The van der Waals surface area contributed by atoms with Crippen molar-refractivity contribution in [1.29, 1.82) is 0 Å². The van der Waals surface area contributed by atoms with Gasteiger partial charge in [-0.1, -0.05) is 36.8 Å². The molecular weight excluding hydrogens is 316 g/mol. The number of hydrogen-bond donors (Lipinski definition) is 1. The normalized spacial score (nSPS) is 10.3. The average Bonchev–Trinajstić information content (AvgIpc) is 2.61. The molecule has 0 saturated carbocycles. The second-order valence-electron chi connectivity index (χ2n) is 6.00. The van der Waals surface area contributed by atoms with Crippen molar-refractivity contribution < 1.29 is 14.3 Å². The topological polar surface area (TPSA) is 72.6 Å². The predicted molar refractivity (Wildman–Crippen MR) is 98.0 cm³/mol. The van der Waals surface area contributed by atoms with Crippen LogP contribution in [0.5, 0.6) is 0 Å². The number of ether oxygens (including phenoxy) is 1. The van der Waals surface area contributed by atoms with E-state index >= 15 is 0 Å². The van der Waals surface area contributed by atoms with Gasteiger partial charge in [0.05, 0.1) is 5.56 Å². The Morgan fingerprint density at radius 1 is 1.04 bits per heavy atom. The lowest BCUT2D eigenvalue weighted by atomic mass is 10.1. The van der Waals surface area contributed by atoms with Gasteiger partial charge in [0.1, 0.15) is 0 Å². The monoisotopic (exact) mass is 340 g/mol. The Labute approximate surface area is 148 Å². The van der Waals surface area contributed by atoms with Crippen LogP contribution in [0, 0.1) is 6.92 Å². The van der Waals surface area contributed by atoms with Gasteiger partial charge < -0.3 is 15.4 Å². The number of amides is 1. The first-order valence-electron chi connectivity index (χ1n) is 8.35. The van der Waals surface area contributed by atoms with E-state index in [1.54, 1.807) is 29.2 Å². The highest BCUT2D eigenvalue weighted by Crippen LogP contribution is 2.10. The van der Waals surface area contributed by atoms with Crippen LogP contribution in [-0.4, -0.2) is 29.9 Å². The van der Waals surface area contributed by atoms with Gasteiger partial charge in [-0.2, -0.15) is 0 Å². The van der Waals surface area contributed by atoms with Crippen molar-refractivity contribution >= 4 is 17.6 Å². The number of benzene rings is 2. The summed E-state index contributed by atoms with van der Waals surface area (Å²) in [4.78, 5) is 26.1. The maximum atomic E-state index is 12.4. The SMILES string of the molecule is CCCN(Cc1ccc(C)cc1)C(=O)COC(=O)c1ccc(N)cc1. The number of carbonyl (C=O) groups is 2. The number of anilines is 1. The van der Waals surface area contributed by atoms with Gasteiger partial charge in [0.2, 0.25) is 0 Å². The van der Waals surface area contributed by atoms with E-state index in [9.17, 15) is 9.59 Å². The van der Waals surface area contributed by atoms with Crippen LogP contribution < -0.4 is 5.73 Å². The maximum Gasteiger partial charge on any atom is 0.338 e. The van der Waals surface area contributed by atoms with Crippen LogP contribution in [0.4, 0.5) is 5.69 Å². The second-order valence-corrected chi connectivity index (χ2v) is 6.00. The van der Waals surface area contributed by atoms with Gasteiger partial charge in [0.15, 0.2) is 6.61 Å². The summed E-state index contributed by atoms with van der Waals surface area (Å²) in [5, 5.41) is 0. The minimum Gasteiger partial charge on any atom is -0.452 e. The van der Waals surface area contributed by atoms with E-state index < -0.39 is 5.97 Å². The summed E-state index contributed by atoms with van der Waals surface area (Å²) in [7, 11) is 0. The number of esters is 1. The molecule has 0 radical (unpaired) electrons. The summed E-state index contributed by atoms with van der Waals surface area (Å²) in [6.45, 7) is 4.89. The van der Waals surface area contributed by atoms with E-state index in [0.29, 0.717) is 24.3 Å². The molecule has 0 aliphatic carbocycles. The summed E-state index contributed by atoms with van der Waals surface area (Å²) in [5.41, 5.74) is 8.77. The Kier molecular flexibility index (Phi) is 6.57. The van der Waals surface area contributed by atoms with Crippen LogP contribution in [0.25, 0.3) is 0 Å². The minimum absolute atomic E-state index is 0.203. The van der Waals surface area contributed by atoms with Crippen molar-refractivity contribution in [1.82, 2.24) is 4.90 Å². The molecule has 0 fully saturated rings. The van der Waals surface area contributed by atoms with Crippen molar-refractivity contribution in [3.63, 3.8) is 0 Å². The van der Waals surface area contributed by atoms with Crippen molar-refractivity contribution in [2.24, 2.45) is 0 Å². The van der Waals surface area contributed by atoms with Crippen LogP contribution in [0.1, 0.15) is 34.8 Å². The van der Waals surface area contributed by atoms with Gasteiger partial charge in [-0.05, 0) is 43.2 Å². The third-order valence-corrected chi connectivity index (χ3v) is 3.81. The van der Waals surface area contributed by atoms with Crippen molar-refractivity contribution in [3.05, 3.63) is 65.2 Å². The predicted octanol–water partition coefficient (Wildman–Crippen LogP) is 3.17. The molecule has 1 amide bonds. The molecule has 5 heteroatoms. The number of carbonyl (C=O) groups excluding carboxylic acids is 2. The summed E-state index contributed by atoms with van der Waals surface area (Å²) < 4.78 is 5.14. The van der Waals surface area contributed by atoms with E-state index in [-0.39, 0.29) is 12.5 Å². The Morgan fingerprint density at radius 3 is 2.28 bits per heavy atom. The number of aryl methyl sites for hydroxylation is 1. The number of rotatable bonds is 7. The number of nitrogen functional groups attached to an aromatic ring is 1. The zero-order chi connectivity index (χ0) is 18.2. The molecule has 0 heterocycles.